The molecule has 0 spiro atoms. The first kappa shape index (κ1) is 19.5. The summed E-state index contributed by atoms with van der Waals surface area (Å²) in [6.45, 7) is 7.30. The molecule has 2 aromatic rings. The fraction of sp³-hybridized carbons (Fsp3) is 0.333. The number of halogens is 2. The second-order valence-electron chi connectivity index (χ2n) is 5.78. The van der Waals surface area contributed by atoms with Gasteiger partial charge in [-0.3, -0.25) is 9.78 Å². The number of nitrogens with zero attached hydrogens (tertiary/aromatic N) is 3. The fourth-order valence-corrected chi connectivity index (χ4v) is 3.15. The van der Waals surface area contributed by atoms with Crippen molar-refractivity contribution in [1.82, 2.24) is 9.88 Å². The van der Waals surface area contributed by atoms with Crippen molar-refractivity contribution in [2.24, 2.45) is 0 Å². The molecule has 0 atom stereocenters. The zero-order valence-electron chi connectivity index (χ0n) is 14.1. The van der Waals surface area contributed by atoms with E-state index in [1.54, 1.807) is 30.6 Å². The summed E-state index contributed by atoms with van der Waals surface area (Å²) < 4.78 is 0. The van der Waals surface area contributed by atoms with E-state index in [0.29, 0.717) is 16.3 Å². The van der Waals surface area contributed by atoms with Gasteiger partial charge in [0.15, 0.2) is 0 Å². The number of hydrogen-bond acceptors (Lipinski definition) is 4. The maximum Gasteiger partial charge on any atom is 0.257 e. The molecule has 0 saturated carbocycles. The second-order valence-corrected chi connectivity index (χ2v) is 6.19. The molecule has 1 aromatic carbocycles. The first-order chi connectivity index (χ1) is 11.7. The Hall–Kier alpha value is -1.82. The molecular formula is C18H22Cl2N4O. The van der Waals surface area contributed by atoms with Crippen LogP contribution in [0.5, 0.6) is 0 Å². The summed E-state index contributed by atoms with van der Waals surface area (Å²) in [7, 11) is 0. The molecule has 0 bridgehead atoms. The van der Waals surface area contributed by atoms with E-state index >= 15 is 0 Å². The lowest BCUT2D eigenvalue weighted by Gasteiger charge is -2.36. The molecule has 3 rings (SSSR count). The Bertz CT molecular complexity index is 703. The van der Waals surface area contributed by atoms with E-state index in [9.17, 15) is 4.79 Å². The number of rotatable bonds is 4. The van der Waals surface area contributed by atoms with E-state index in [1.165, 1.54) is 0 Å². The van der Waals surface area contributed by atoms with E-state index in [2.05, 4.69) is 27.0 Å². The van der Waals surface area contributed by atoms with Crippen LogP contribution in [0.1, 0.15) is 17.3 Å². The molecule has 1 N–H and O–H groups in total. The Labute approximate surface area is 159 Å². The van der Waals surface area contributed by atoms with Crippen LogP contribution in [0.4, 0.5) is 11.4 Å². The molecule has 25 heavy (non-hydrogen) atoms. The highest BCUT2D eigenvalue weighted by Gasteiger charge is 2.18. The quantitative estimate of drug-likeness (QED) is 0.880. The van der Waals surface area contributed by atoms with Gasteiger partial charge in [-0.2, -0.15) is 0 Å². The van der Waals surface area contributed by atoms with Crippen LogP contribution in [-0.2, 0) is 0 Å². The minimum absolute atomic E-state index is 0. The maximum absolute atomic E-state index is 12.2. The third-order valence-electron chi connectivity index (χ3n) is 4.29. The average molecular weight is 381 g/mol. The Morgan fingerprint density at radius 1 is 1.24 bits per heavy atom. The first-order valence-electron chi connectivity index (χ1n) is 8.15. The smallest absolute Gasteiger partial charge is 0.257 e. The number of carbonyl (C=O) groups is 1. The van der Waals surface area contributed by atoms with Gasteiger partial charge in [-0.15, -0.1) is 12.4 Å². The number of carbonyl (C=O) groups excluding carboxylic acids is 1. The van der Waals surface area contributed by atoms with Crippen molar-refractivity contribution in [3.05, 3.63) is 53.3 Å². The van der Waals surface area contributed by atoms with Crippen molar-refractivity contribution in [2.75, 3.05) is 42.9 Å². The fourth-order valence-electron chi connectivity index (χ4n) is 2.85. The molecule has 0 unspecified atom stereocenters. The molecule has 0 radical (unpaired) electrons. The Morgan fingerprint density at radius 2 is 2.00 bits per heavy atom. The molecular weight excluding hydrogens is 359 g/mol. The van der Waals surface area contributed by atoms with E-state index < -0.39 is 0 Å². The van der Waals surface area contributed by atoms with Gasteiger partial charge in [-0.1, -0.05) is 18.5 Å². The Kier molecular flexibility index (Phi) is 7.05. The van der Waals surface area contributed by atoms with Crippen LogP contribution in [0.2, 0.25) is 5.02 Å². The molecule has 1 aliphatic rings. The predicted octanol–water partition coefficient (Wildman–Crippen LogP) is 3.55. The highest BCUT2D eigenvalue weighted by atomic mass is 35.5. The molecule has 0 aliphatic carbocycles. The van der Waals surface area contributed by atoms with Crippen LogP contribution in [0.25, 0.3) is 0 Å². The minimum Gasteiger partial charge on any atom is -0.368 e. The predicted molar refractivity (Wildman–Crippen MR) is 105 cm³/mol. The standard InChI is InChI=1S/C18H21ClN4O.ClH/c1-2-22-8-10-23(11-9-22)17-6-5-15(12-16(17)19)21-18(24)14-4-3-7-20-13-14;/h3-7,12-13H,2,8-11H2,1H3,(H,21,24);1H. The molecule has 5 nitrogen and oxygen atoms in total. The number of amides is 1. The number of aromatic nitrogens is 1. The molecule has 134 valence electrons. The number of benzene rings is 1. The van der Waals surface area contributed by atoms with Crippen LogP contribution in [0.3, 0.4) is 0 Å². The summed E-state index contributed by atoms with van der Waals surface area (Å²) in [5, 5.41) is 3.51. The zero-order chi connectivity index (χ0) is 16.9. The number of hydrogen-bond donors (Lipinski definition) is 1. The lowest BCUT2D eigenvalue weighted by atomic mass is 10.2. The van der Waals surface area contributed by atoms with E-state index in [4.69, 9.17) is 11.6 Å². The first-order valence-corrected chi connectivity index (χ1v) is 8.53. The van der Waals surface area contributed by atoms with Crippen molar-refractivity contribution in [3.8, 4) is 0 Å². The highest BCUT2D eigenvalue weighted by molar-refractivity contribution is 6.33. The van der Waals surface area contributed by atoms with Gasteiger partial charge < -0.3 is 15.1 Å². The number of piperazine rings is 1. The van der Waals surface area contributed by atoms with Crippen LogP contribution in [-0.4, -0.2) is 48.5 Å². The van der Waals surface area contributed by atoms with Crippen molar-refractivity contribution >= 4 is 41.3 Å². The largest absolute Gasteiger partial charge is 0.368 e. The zero-order valence-corrected chi connectivity index (χ0v) is 15.7. The molecule has 7 heteroatoms. The van der Waals surface area contributed by atoms with Crippen molar-refractivity contribution in [1.29, 1.82) is 0 Å². The van der Waals surface area contributed by atoms with Gasteiger partial charge >= 0.3 is 0 Å². The number of anilines is 2. The van der Waals surface area contributed by atoms with Gasteiger partial charge in [-0.25, -0.2) is 0 Å². The lowest BCUT2D eigenvalue weighted by Crippen LogP contribution is -2.46. The summed E-state index contributed by atoms with van der Waals surface area (Å²) in [5.74, 6) is -0.191. The van der Waals surface area contributed by atoms with Gasteiger partial charge in [-0.05, 0) is 36.9 Å². The van der Waals surface area contributed by atoms with Crippen molar-refractivity contribution < 1.29 is 4.79 Å². The van der Waals surface area contributed by atoms with Crippen LogP contribution in [0.15, 0.2) is 42.7 Å². The van der Waals surface area contributed by atoms with Crippen LogP contribution < -0.4 is 10.2 Å². The van der Waals surface area contributed by atoms with Gasteiger partial charge in [0.2, 0.25) is 0 Å². The molecule has 2 heterocycles. The summed E-state index contributed by atoms with van der Waals surface area (Å²) in [6.07, 6.45) is 3.18. The molecule has 1 fully saturated rings. The topological polar surface area (TPSA) is 48.5 Å². The van der Waals surface area contributed by atoms with Crippen molar-refractivity contribution in [2.45, 2.75) is 6.92 Å². The summed E-state index contributed by atoms with van der Waals surface area (Å²) in [5.41, 5.74) is 2.23. The van der Waals surface area contributed by atoms with Crippen LogP contribution >= 0.6 is 24.0 Å². The second kappa shape index (κ2) is 9.04. The minimum atomic E-state index is -0.191. The average Bonchev–Trinajstić information content (AvgIpc) is 2.63. The molecule has 1 aliphatic heterocycles. The molecule has 1 amide bonds. The summed E-state index contributed by atoms with van der Waals surface area (Å²) >= 11 is 6.44. The number of nitrogens with one attached hydrogen (secondary N) is 1. The lowest BCUT2D eigenvalue weighted by molar-refractivity contribution is 0.102. The summed E-state index contributed by atoms with van der Waals surface area (Å²) in [6, 6.07) is 9.13. The maximum atomic E-state index is 12.2. The third-order valence-corrected chi connectivity index (χ3v) is 4.59. The molecule has 1 aromatic heterocycles. The van der Waals surface area contributed by atoms with Gasteiger partial charge in [0.1, 0.15) is 0 Å². The van der Waals surface area contributed by atoms with E-state index in [-0.39, 0.29) is 18.3 Å². The van der Waals surface area contributed by atoms with Gasteiger partial charge in [0.25, 0.3) is 5.91 Å². The Balaban J connectivity index is 0.00000225. The SMILES string of the molecule is CCN1CCN(c2ccc(NC(=O)c3cccnc3)cc2Cl)CC1.Cl. The van der Waals surface area contributed by atoms with E-state index in [1.807, 2.05) is 12.1 Å². The third kappa shape index (κ3) is 4.84. The summed E-state index contributed by atoms with van der Waals surface area (Å²) in [4.78, 5) is 20.8. The highest BCUT2D eigenvalue weighted by Crippen LogP contribution is 2.29. The Morgan fingerprint density at radius 3 is 2.60 bits per heavy atom. The monoisotopic (exact) mass is 380 g/mol. The van der Waals surface area contributed by atoms with E-state index in [0.717, 1.165) is 38.4 Å². The van der Waals surface area contributed by atoms with Gasteiger partial charge in [0.05, 0.1) is 16.3 Å². The number of likely N-dealkylation sites (N-methyl/N-ethyl adjacent to an activating group) is 1. The molecule has 1 saturated heterocycles. The van der Waals surface area contributed by atoms with Crippen molar-refractivity contribution in [3.63, 3.8) is 0 Å². The number of pyridine rings is 1. The normalized spacial score (nSPS) is 14.7. The van der Waals surface area contributed by atoms with Crippen LogP contribution in [0, 0.1) is 0 Å². The van der Waals surface area contributed by atoms with Gasteiger partial charge in [0, 0.05) is 44.3 Å².